The number of aryl methyl sites for hydroxylation is 1. The van der Waals surface area contributed by atoms with E-state index in [4.69, 9.17) is 4.74 Å². The van der Waals surface area contributed by atoms with Gasteiger partial charge in [0.25, 0.3) is 0 Å². The third-order valence-electron chi connectivity index (χ3n) is 4.09. The van der Waals surface area contributed by atoms with Crippen molar-refractivity contribution in [3.05, 3.63) is 29.8 Å². The Kier molecular flexibility index (Phi) is 6.48. The molecule has 0 amide bonds. The maximum atomic E-state index is 11.5. The van der Waals surface area contributed by atoms with Gasteiger partial charge in [-0.2, -0.15) is 0 Å². The predicted octanol–water partition coefficient (Wildman–Crippen LogP) is 1.36. The predicted molar refractivity (Wildman–Crippen MR) is 97.4 cm³/mol. The molecule has 0 aromatic heterocycles. The van der Waals surface area contributed by atoms with E-state index in [1.165, 1.54) is 0 Å². The molecule has 2 atom stereocenters. The van der Waals surface area contributed by atoms with Gasteiger partial charge in [-0.3, -0.25) is 4.99 Å². The molecule has 7 heteroatoms. The van der Waals surface area contributed by atoms with Gasteiger partial charge in [0.1, 0.15) is 11.9 Å². The van der Waals surface area contributed by atoms with Crippen LogP contribution in [0.5, 0.6) is 5.75 Å². The van der Waals surface area contributed by atoms with Crippen LogP contribution in [0.4, 0.5) is 0 Å². The summed E-state index contributed by atoms with van der Waals surface area (Å²) < 4.78 is 28.9. The van der Waals surface area contributed by atoms with Gasteiger partial charge >= 0.3 is 0 Å². The topological polar surface area (TPSA) is 79.8 Å². The average Bonchev–Trinajstić information content (AvgIpc) is 2.89. The van der Waals surface area contributed by atoms with Gasteiger partial charge in [0, 0.05) is 13.6 Å². The fourth-order valence-corrected chi connectivity index (χ4v) is 4.54. The largest absolute Gasteiger partial charge is 0.489 e. The number of hydrogen-bond acceptors (Lipinski definition) is 4. The van der Waals surface area contributed by atoms with Gasteiger partial charge in [-0.1, -0.05) is 18.2 Å². The molecule has 1 aromatic carbocycles. The summed E-state index contributed by atoms with van der Waals surface area (Å²) in [5, 5.41) is 6.42. The Morgan fingerprint density at radius 3 is 2.75 bits per heavy atom. The summed E-state index contributed by atoms with van der Waals surface area (Å²) in [7, 11) is -1.13. The monoisotopic (exact) mass is 353 g/mol. The van der Waals surface area contributed by atoms with Crippen molar-refractivity contribution in [2.45, 2.75) is 26.4 Å². The average molecular weight is 353 g/mol. The number of nitrogens with one attached hydrogen (secondary N) is 2. The summed E-state index contributed by atoms with van der Waals surface area (Å²) in [6.07, 6.45) is 0.704. The van der Waals surface area contributed by atoms with Crippen LogP contribution >= 0.6 is 0 Å². The molecule has 1 heterocycles. The Balaban J connectivity index is 1.74. The van der Waals surface area contributed by atoms with Crippen molar-refractivity contribution in [1.82, 2.24) is 10.6 Å². The van der Waals surface area contributed by atoms with Crippen molar-refractivity contribution in [2.75, 3.05) is 31.6 Å². The van der Waals surface area contributed by atoms with Gasteiger partial charge in [0.2, 0.25) is 0 Å². The second kappa shape index (κ2) is 8.37. The molecule has 1 aliphatic heterocycles. The maximum absolute atomic E-state index is 11.5. The molecule has 0 spiro atoms. The molecule has 0 bridgehead atoms. The molecular formula is C17H27N3O3S. The first-order valence-corrected chi connectivity index (χ1v) is 10.1. The third-order valence-corrected chi connectivity index (χ3v) is 5.92. The van der Waals surface area contributed by atoms with Crippen LogP contribution in [0.2, 0.25) is 0 Å². The van der Waals surface area contributed by atoms with E-state index in [0.29, 0.717) is 24.8 Å². The summed E-state index contributed by atoms with van der Waals surface area (Å²) in [5.74, 6) is 2.27. The van der Waals surface area contributed by atoms with E-state index in [2.05, 4.69) is 15.6 Å². The van der Waals surface area contributed by atoms with Gasteiger partial charge in [0.05, 0.1) is 18.1 Å². The molecule has 6 nitrogen and oxygen atoms in total. The van der Waals surface area contributed by atoms with E-state index in [0.717, 1.165) is 17.7 Å². The highest BCUT2D eigenvalue weighted by Gasteiger charge is 2.27. The van der Waals surface area contributed by atoms with Crippen LogP contribution in [0.1, 0.15) is 18.9 Å². The molecule has 24 heavy (non-hydrogen) atoms. The molecule has 0 saturated carbocycles. The zero-order valence-electron chi connectivity index (χ0n) is 14.6. The zero-order chi connectivity index (χ0) is 17.6. The Labute approximate surface area is 144 Å². The van der Waals surface area contributed by atoms with Crippen LogP contribution in [0.3, 0.4) is 0 Å². The highest BCUT2D eigenvalue weighted by Crippen LogP contribution is 2.18. The van der Waals surface area contributed by atoms with Crippen molar-refractivity contribution in [2.24, 2.45) is 10.9 Å². The highest BCUT2D eigenvalue weighted by atomic mass is 32.2. The molecule has 1 saturated heterocycles. The van der Waals surface area contributed by atoms with E-state index in [1.54, 1.807) is 7.05 Å². The van der Waals surface area contributed by atoms with Crippen LogP contribution in [0, 0.1) is 12.8 Å². The van der Waals surface area contributed by atoms with Crippen LogP contribution < -0.4 is 15.4 Å². The van der Waals surface area contributed by atoms with Crippen LogP contribution in [-0.4, -0.2) is 52.1 Å². The second-order valence-electron chi connectivity index (χ2n) is 6.30. The van der Waals surface area contributed by atoms with E-state index in [-0.39, 0.29) is 17.8 Å². The van der Waals surface area contributed by atoms with Crippen molar-refractivity contribution in [3.63, 3.8) is 0 Å². The standard InChI is InChI=1S/C17H27N3O3S/c1-13-6-4-5-7-16(13)23-14(2)10-19-17(18-3)20-11-15-8-9-24(21,22)12-15/h4-7,14-15H,8-12H2,1-3H3,(H2,18,19,20). The van der Waals surface area contributed by atoms with Crippen molar-refractivity contribution >= 4 is 15.8 Å². The Hall–Kier alpha value is -1.76. The lowest BCUT2D eigenvalue weighted by atomic mass is 10.1. The molecule has 1 fully saturated rings. The second-order valence-corrected chi connectivity index (χ2v) is 8.53. The minimum absolute atomic E-state index is 0.0171. The van der Waals surface area contributed by atoms with Gasteiger partial charge in [0.15, 0.2) is 15.8 Å². The molecule has 1 aromatic rings. The molecular weight excluding hydrogens is 326 g/mol. The van der Waals surface area contributed by atoms with Gasteiger partial charge in [-0.25, -0.2) is 8.42 Å². The third kappa shape index (κ3) is 5.70. The van der Waals surface area contributed by atoms with Gasteiger partial charge in [-0.15, -0.1) is 0 Å². The molecule has 2 N–H and O–H groups in total. The Bertz CT molecular complexity index is 673. The van der Waals surface area contributed by atoms with Crippen molar-refractivity contribution in [3.8, 4) is 5.75 Å². The van der Waals surface area contributed by atoms with Crippen LogP contribution in [-0.2, 0) is 9.84 Å². The molecule has 0 aliphatic carbocycles. The van der Waals surface area contributed by atoms with Crippen LogP contribution in [0.15, 0.2) is 29.3 Å². The lowest BCUT2D eigenvalue weighted by Crippen LogP contribution is -2.43. The maximum Gasteiger partial charge on any atom is 0.191 e. The number of rotatable bonds is 6. The fraction of sp³-hybridized carbons (Fsp3) is 0.588. The van der Waals surface area contributed by atoms with Crippen molar-refractivity contribution < 1.29 is 13.2 Å². The normalized spacial score (nSPS) is 21.3. The first-order valence-electron chi connectivity index (χ1n) is 8.27. The zero-order valence-corrected chi connectivity index (χ0v) is 15.4. The highest BCUT2D eigenvalue weighted by molar-refractivity contribution is 7.91. The van der Waals surface area contributed by atoms with E-state index in [1.807, 2.05) is 38.1 Å². The smallest absolute Gasteiger partial charge is 0.191 e. The molecule has 0 radical (unpaired) electrons. The first-order chi connectivity index (χ1) is 11.4. The number of sulfone groups is 1. The number of benzene rings is 1. The minimum atomic E-state index is -2.83. The van der Waals surface area contributed by atoms with E-state index in [9.17, 15) is 8.42 Å². The fourth-order valence-electron chi connectivity index (χ4n) is 2.68. The molecule has 1 aliphatic rings. The van der Waals surface area contributed by atoms with E-state index >= 15 is 0 Å². The summed E-state index contributed by atoms with van der Waals surface area (Å²) in [6.45, 7) is 5.24. The number of para-hydroxylation sites is 1. The molecule has 2 unspecified atom stereocenters. The summed E-state index contributed by atoms with van der Waals surface area (Å²) in [6, 6.07) is 7.92. The number of aliphatic imine (C=N–C) groups is 1. The number of guanidine groups is 1. The summed E-state index contributed by atoms with van der Waals surface area (Å²) in [4.78, 5) is 4.17. The van der Waals surface area contributed by atoms with Crippen molar-refractivity contribution in [1.29, 1.82) is 0 Å². The number of nitrogens with zero attached hydrogens (tertiary/aromatic N) is 1. The number of ether oxygens (including phenoxy) is 1. The molecule has 134 valence electrons. The lowest BCUT2D eigenvalue weighted by molar-refractivity contribution is 0.222. The van der Waals surface area contributed by atoms with Gasteiger partial charge in [-0.05, 0) is 37.8 Å². The Morgan fingerprint density at radius 1 is 1.38 bits per heavy atom. The molecule has 2 rings (SSSR count). The minimum Gasteiger partial charge on any atom is -0.489 e. The van der Waals surface area contributed by atoms with Gasteiger partial charge < -0.3 is 15.4 Å². The Morgan fingerprint density at radius 2 is 2.12 bits per heavy atom. The lowest BCUT2D eigenvalue weighted by Gasteiger charge is -2.19. The summed E-state index contributed by atoms with van der Waals surface area (Å²) >= 11 is 0. The quantitative estimate of drug-likeness (QED) is 0.596. The number of hydrogen-bond donors (Lipinski definition) is 2. The summed E-state index contributed by atoms with van der Waals surface area (Å²) in [5.41, 5.74) is 1.11. The van der Waals surface area contributed by atoms with Crippen LogP contribution in [0.25, 0.3) is 0 Å². The SMILES string of the molecule is CN=C(NCC1CCS(=O)(=O)C1)NCC(C)Oc1ccccc1C. The van der Waals surface area contributed by atoms with E-state index < -0.39 is 9.84 Å². The first kappa shape index (κ1) is 18.6.